The Labute approximate surface area is 131 Å². The van der Waals surface area contributed by atoms with Crippen molar-refractivity contribution in [2.24, 2.45) is 5.41 Å². The van der Waals surface area contributed by atoms with Gasteiger partial charge in [-0.1, -0.05) is 42.6 Å². The fourth-order valence-electron chi connectivity index (χ4n) is 3.44. The summed E-state index contributed by atoms with van der Waals surface area (Å²) < 4.78 is 6.99. The number of ether oxygens (including phenoxy) is 1. The quantitative estimate of drug-likeness (QED) is 0.780. The van der Waals surface area contributed by atoms with E-state index in [-0.39, 0.29) is 0 Å². The van der Waals surface area contributed by atoms with Crippen LogP contribution in [0.5, 0.6) is 5.75 Å². The Morgan fingerprint density at radius 3 is 2.60 bits per heavy atom. The third kappa shape index (κ3) is 3.37. The average Bonchev–Trinajstić information content (AvgIpc) is 2.86. The largest absolute Gasteiger partial charge is 0.494 e. The summed E-state index contributed by atoms with van der Waals surface area (Å²) in [6, 6.07) is 6.75. The van der Waals surface area contributed by atoms with Crippen molar-refractivity contribution in [1.82, 2.24) is 5.32 Å². The van der Waals surface area contributed by atoms with Gasteiger partial charge >= 0.3 is 0 Å². The molecule has 1 fully saturated rings. The zero-order chi connectivity index (χ0) is 14.6. The van der Waals surface area contributed by atoms with Crippen molar-refractivity contribution in [3.8, 4) is 5.75 Å². The van der Waals surface area contributed by atoms with Gasteiger partial charge in [0.05, 0.1) is 6.61 Å². The summed E-state index contributed by atoms with van der Waals surface area (Å²) in [7, 11) is 0. The molecule has 0 amide bonds. The average molecular weight is 340 g/mol. The molecular weight excluding hydrogens is 314 g/mol. The van der Waals surface area contributed by atoms with Gasteiger partial charge in [-0.2, -0.15) is 0 Å². The van der Waals surface area contributed by atoms with E-state index in [0.29, 0.717) is 18.1 Å². The molecule has 1 aliphatic rings. The molecule has 0 radical (unpaired) electrons. The zero-order valence-corrected chi connectivity index (χ0v) is 14.4. The second-order valence-electron chi connectivity index (χ2n) is 5.97. The van der Waals surface area contributed by atoms with Gasteiger partial charge in [0.2, 0.25) is 0 Å². The van der Waals surface area contributed by atoms with Gasteiger partial charge in [0.25, 0.3) is 0 Å². The van der Waals surface area contributed by atoms with E-state index in [4.69, 9.17) is 4.74 Å². The molecule has 0 heterocycles. The maximum absolute atomic E-state index is 5.86. The van der Waals surface area contributed by atoms with Crippen molar-refractivity contribution >= 4 is 15.9 Å². The van der Waals surface area contributed by atoms with Gasteiger partial charge in [0.1, 0.15) is 5.75 Å². The van der Waals surface area contributed by atoms with Crippen molar-refractivity contribution in [3.05, 3.63) is 28.2 Å². The highest BCUT2D eigenvalue weighted by atomic mass is 79.9. The van der Waals surface area contributed by atoms with Gasteiger partial charge in [-0.15, -0.1) is 0 Å². The smallest absolute Gasteiger partial charge is 0.124 e. The number of nitrogens with one attached hydrogen (secondary N) is 1. The number of hydrogen-bond acceptors (Lipinski definition) is 2. The molecule has 1 unspecified atom stereocenters. The lowest BCUT2D eigenvalue weighted by Crippen LogP contribution is -2.34. The summed E-state index contributed by atoms with van der Waals surface area (Å²) in [5.41, 5.74) is 1.63. The Morgan fingerprint density at radius 1 is 1.30 bits per heavy atom. The van der Waals surface area contributed by atoms with Crippen LogP contribution < -0.4 is 10.1 Å². The molecule has 0 aliphatic heterocycles. The Morgan fingerprint density at radius 2 is 2.00 bits per heavy atom. The Kier molecular flexibility index (Phi) is 5.50. The van der Waals surface area contributed by atoms with E-state index in [9.17, 15) is 0 Å². The molecule has 20 heavy (non-hydrogen) atoms. The van der Waals surface area contributed by atoms with Crippen LogP contribution >= 0.6 is 15.9 Å². The van der Waals surface area contributed by atoms with Crippen molar-refractivity contribution in [2.45, 2.75) is 52.5 Å². The van der Waals surface area contributed by atoms with Crippen molar-refractivity contribution in [1.29, 1.82) is 0 Å². The van der Waals surface area contributed by atoms with E-state index in [2.05, 4.69) is 53.3 Å². The molecule has 2 rings (SSSR count). The van der Waals surface area contributed by atoms with E-state index in [0.717, 1.165) is 16.8 Å². The minimum Gasteiger partial charge on any atom is -0.494 e. The normalized spacial score (nSPS) is 19.0. The highest BCUT2D eigenvalue weighted by Gasteiger charge is 2.38. The van der Waals surface area contributed by atoms with Crippen LogP contribution in [0.1, 0.15) is 58.1 Å². The molecule has 112 valence electrons. The van der Waals surface area contributed by atoms with E-state index >= 15 is 0 Å². The second kappa shape index (κ2) is 6.95. The lowest BCUT2D eigenvalue weighted by molar-refractivity contribution is 0.218. The van der Waals surface area contributed by atoms with E-state index < -0.39 is 0 Å². The number of rotatable bonds is 6. The van der Waals surface area contributed by atoms with Crippen LogP contribution in [0.25, 0.3) is 0 Å². The first-order valence-corrected chi connectivity index (χ1v) is 8.55. The lowest BCUT2D eigenvalue weighted by atomic mass is 9.77. The minimum absolute atomic E-state index is 0.336. The summed E-state index contributed by atoms with van der Waals surface area (Å²) in [6.45, 7) is 8.35. The van der Waals surface area contributed by atoms with E-state index in [1.165, 1.54) is 31.2 Å². The van der Waals surface area contributed by atoms with Gasteiger partial charge in [0.15, 0.2) is 0 Å². The van der Waals surface area contributed by atoms with Crippen molar-refractivity contribution in [2.75, 3.05) is 13.2 Å². The van der Waals surface area contributed by atoms with Crippen molar-refractivity contribution in [3.63, 3.8) is 0 Å². The van der Waals surface area contributed by atoms with Gasteiger partial charge in [-0.25, -0.2) is 0 Å². The Bertz CT molecular complexity index is 441. The van der Waals surface area contributed by atoms with Gasteiger partial charge in [0, 0.05) is 16.1 Å². The molecule has 1 atom stereocenters. The number of hydrogen-bond donors (Lipinski definition) is 1. The van der Waals surface area contributed by atoms with Gasteiger partial charge in [-0.05, 0) is 49.9 Å². The highest BCUT2D eigenvalue weighted by Crippen LogP contribution is 2.49. The van der Waals surface area contributed by atoms with Crippen LogP contribution in [-0.4, -0.2) is 13.2 Å². The first-order chi connectivity index (χ1) is 9.60. The Hall–Kier alpha value is -0.540. The molecule has 3 heteroatoms. The van der Waals surface area contributed by atoms with Crippen molar-refractivity contribution < 1.29 is 4.74 Å². The molecular formula is C17H26BrNO. The van der Waals surface area contributed by atoms with Crippen LogP contribution in [0.3, 0.4) is 0 Å². The summed E-state index contributed by atoms with van der Waals surface area (Å²) in [6.07, 6.45) is 5.28. The van der Waals surface area contributed by atoms with Crippen LogP contribution in [0.4, 0.5) is 0 Å². The molecule has 0 spiro atoms. The van der Waals surface area contributed by atoms with Gasteiger partial charge < -0.3 is 10.1 Å². The SMILES string of the molecule is CCNC(c1cc(Br)ccc1OCC)C1(C)CCCC1. The van der Waals surface area contributed by atoms with Crippen LogP contribution in [0.2, 0.25) is 0 Å². The third-order valence-electron chi connectivity index (χ3n) is 4.43. The standard InChI is InChI=1S/C17H26BrNO/c1-4-19-16(17(3)10-6-7-11-17)14-12-13(18)8-9-15(14)20-5-2/h8-9,12,16,19H,4-7,10-11H2,1-3H3. The maximum atomic E-state index is 5.86. The summed E-state index contributed by atoms with van der Waals surface area (Å²) in [4.78, 5) is 0. The fraction of sp³-hybridized carbons (Fsp3) is 0.647. The highest BCUT2D eigenvalue weighted by molar-refractivity contribution is 9.10. The summed E-state index contributed by atoms with van der Waals surface area (Å²) >= 11 is 3.61. The molecule has 1 aliphatic carbocycles. The monoisotopic (exact) mass is 339 g/mol. The molecule has 1 aromatic carbocycles. The lowest BCUT2D eigenvalue weighted by Gasteiger charge is -2.36. The minimum atomic E-state index is 0.336. The van der Waals surface area contributed by atoms with Gasteiger partial charge in [-0.3, -0.25) is 0 Å². The molecule has 2 nitrogen and oxygen atoms in total. The molecule has 0 aromatic heterocycles. The first kappa shape index (κ1) is 15.8. The predicted molar refractivity (Wildman–Crippen MR) is 88.3 cm³/mol. The topological polar surface area (TPSA) is 21.3 Å². The van der Waals surface area contributed by atoms with Crippen LogP contribution in [0.15, 0.2) is 22.7 Å². The summed E-state index contributed by atoms with van der Waals surface area (Å²) in [5.74, 6) is 1.02. The van der Waals surface area contributed by atoms with E-state index in [1.807, 2.05) is 6.92 Å². The number of halogens is 1. The number of benzene rings is 1. The molecule has 1 aromatic rings. The van der Waals surface area contributed by atoms with Crippen LogP contribution in [0, 0.1) is 5.41 Å². The Balaban J connectivity index is 2.39. The maximum Gasteiger partial charge on any atom is 0.124 e. The molecule has 1 saturated carbocycles. The molecule has 0 bridgehead atoms. The zero-order valence-electron chi connectivity index (χ0n) is 12.8. The molecule has 0 saturated heterocycles. The fourth-order valence-corrected chi connectivity index (χ4v) is 3.82. The predicted octanol–water partition coefficient (Wildman–Crippen LogP) is 5.08. The third-order valence-corrected chi connectivity index (χ3v) is 4.93. The summed E-state index contributed by atoms with van der Waals surface area (Å²) in [5, 5.41) is 3.71. The second-order valence-corrected chi connectivity index (χ2v) is 6.88. The van der Waals surface area contributed by atoms with Crippen LogP contribution in [-0.2, 0) is 0 Å². The first-order valence-electron chi connectivity index (χ1n) is 7.76. The molecule has 1 N–H and O–H groups in total. The van der Waals surface area contributed by atoms with E-state index in [1.54, 1.807) is 0 Å².